The third kappa shape index (κ3) is 4.64. The van der Waals surface area contributed by atoms with Crippen LogP contribution < -0.4 is 4.74 Å². The number of rotatable bonds is 4. The summed E-state index contributed by atoms with van der Waals surface area (Å²) < 4.78 is 4.78. The number of aryl methyl sites for hydroxylation is 1. The van der Waals surface area contributed by atoms with Gasteiger partial charge in [0.15, 0.2) is 11.5 Å². The number of benzene rings is 2. The second-order valence-corrected chi connectivity index (χ2v) is 10.2. The Labute approximate surface area is 196 Å². The van der Waals surface area contributed by atoms with Gasteiger partial charge in [-0.1, -0.05) is 45.4 Å². The molecule has 1 fully saturated rings. The van der Waals surface area contributed by atoms with Crippen molar-refractivity contribution < 1.29 is 24.5 Å². The van der Waals surface area contributed by atoms with Crippen molar-refractivity contribution in [3.63, 3.8) is 0 Å². The smallest absolute Gasteiger partial charge is 0.309 e. The predicted molar refractivity (Wildman–Crippen MR) is 129 cm³/mol. The lowest BCUT2D eigenvalue weighted by Crippen LogP contribution is -2.52. The van der Waals surface area contributed by atoms with Gasteiger partial charge in [-0.2, -0.15) is 0 Å². The van der Waals surface area contributed by atoms with Crippen molar-refractivity contribution in [3.8, 4) is 11.5 Å². The van der Waals surface area contributed by atoms with Gasteiger partial charge in [0.2, 0.25) is 0 Å². The molecule has 2 aromatic carbocycles. The lowest BCUT2D eigenvalue weighted by atomic mass is 9.50. The Bertz CT molecular complexity index is 1030. The molecule has 2 aliphatic rings. The van der Waals surface area contributed by atoms with Crippen LogP contribution in [0.4, 0.5) is 0 Å². The van der Waals surface area contributed by atoms with E-state index in [1.54, 1.807) is 0 Å². The number of aldehydes is 1. The molecular formula is C28H36O5. The van der Waals surface area contributed by atoms with Crippen molar-refractivity contribution >= 4 is 12.3 Å². The first-order chi connectivity index (χ1) is 15.6. The lowest BCUT2D eigenvalue weighted by Gasteiger charge is -2.53. The van der Waals surface area contributed by atoms with Crippen LogP contribution in [0.5, 0.6) is 11.5 Å². The first kappa shape index (κ1) is 24.8. The first-order valence-corrected chi connectivity index (χ1v) is 11.8. The summed E-state index contributed by atoms with van der Waals surface area (Å²) in [6, 6.07) is 11.3. The van der Waals surface area contributed by atoms with Crippen molar-refractivity contribution in [3.05, 3.63) is 58.7 Å². The standard InChI is InChI=1S/C20H28O2.C8H8O3/c1-13(2)14-6-8-16-15(12-14)7-9-17-19(16,3)10-5-11-20(17,4)18(21)22;1-11-8-4-6(5-9)2-3-7(8)10/h6,8,12-13,17H,5,7,9-11H2,1-4H3,(H,21,22);2-5,10H,1H3/t17-,19-,20-;/m1./s1. The van der Waals surface area contributed by atoms with Crippen molar-refractivity contribution in [1.29, 1.82) is 0 Å². The predicted octanol–water partition coefficient (Wildman–Crippen LogP) is 6.12. The number of ether oxygens (including phenoxy) is 1. The molecule has 5 heteroatoms. The van der Waals surface area contributed by atoms with Crippen LogP contribution in [0, 0.1) is 11.3 Å². The molecule has 0 aliphatic heterocycles. The molecule has 0 unspecified atom stereocenters. The summed E-state index contributed by atoms with van der Waals surface area (Å²) in [6.07, 6.45) is 5.69. The number of aliphatic carboxylic acids is 1. The zero-order chi connectivity index (χ0) is 24.4. The van der Waals surface area contributed by atoms with Gasteiger partial charge in [0, 0.05) is 5.56 Å². The molecule has 2 aromatic rings. The number of phenolic OH excluding ortho intramolecular Hbond substituents is 1. The van der Waals surface area contributed by atoms with Crippen LogP contribution >= 0.6 is 0 Å². The van der Waals surface area contributed by atoms with E-state index in [9.17, 15) is 14.7 Å². The van der Waals surface area contributed by atoms with E-state index in [0.29, 0.717) is 23.5 Å². The lowest BCUT2D eigenvalue weighted by molar-refractivity contribution is -0.157. The molecule has 0 amide bonds. The van der Waals surface area contributed by atoms with Crippen molar-refractivity contribution in [1.82, 2.24) is 0 Å². The van der Waals surface area contributed by atoms with E-state index >= 15 is 0 Å². The highest BCUT2D eigenvalue weighted by Gasteiger charge is 2.55. The highest BCUT2D eigenvalue weighted by atomic mass is 16.5. The fraction of sp³-hybridized carbons (Fsp3) is 0.500. The Kier molecular flexibility index (Phi) is 7.20. The highest BCUT2D eigenvalue weighted by molar-refractivity contribution is 5.76. The third-order valence-electron chi connectivity index (χ3n) is 7.87. The molecule has 5 nitrogen and oxygen atoms in total. The summed E-state index contributed by atoms with van der Waals surface area (Å²) in [5.74, 6) is 0.550. The Morgan fingerprint density at radius 1 is 1.15 bits per heavy atom. The van der Waals surface area contributed by atoms with E-state index in [-0.39, 0.29) is 17.1 Å². The third-order valence-corrected chi connectivity index (χ3v) is 7.87. The quantitative estimate of drug-likeness (QED) is 0.546. The van der Waals surface area contributed by atoms with Crippen LogP contribution in [-0.2, 0) is 16.6 Å². The van der Waals surface area contributed by atoms with Gasteiger partial charge in [0.1, 0.15) is 6.29 Å². The van der Waals surface area contributed by atoms with Gasteiger partial charge in [0.05, 0.1) is 12.5 Å². The molecule has 2 aliphatic carbocycles. The molecule has 0 saturated heterocycles. The minimum atomic E-state index is -0.606. The number of fused-ring (bicyclic) bond motifs is 3. The zero-order valence-electron chi connectivity index (χ0n) is 20.4. The number of phenols is 1. The summed E-state index contributed by atoms with van der Waals surface area (Å²) in [7, 11) is 1.43. The Morgan fingerprint density at radius 3 is 2.48 bits per heavy atom. The molecule has 0 aromatic heterocycles. The maximum absolute atomic E-state index is 11.9. The van der Waals surface area contributed by atoms with Crippen LogP contribution in [0.3, 0.4) is 0 Å². The molecule has 3 atom stereocenters. The van der Waals surface area contributed by atoms with E-state index in [1.165, 1.54) is 42.0 Å². The van der Waals surface area contributed by atoms with E-state index in [2.05, 4.69) is 39.0 Å². The Hall–Kier alpha value is -2.82. The number of hydrogen-bond acceptors (Lipinski definition) is 4. The number of methoxy groups -OCH3 is 1. The Morgan fingerprint density at radius 2 is 1.88 bits per heavy atom. The van der Waals surface area contributed by atoms with E-state index < -0.39 is 11.4 Å². The van der Waals surface area contributed by atoms with Crippen LogP contribution in [0.2, 0.25) is 0 Å². The fourth-order valence-electron chi connectivity index (χ4n) is 5.89. The molecule has 0 radical (unpaired) electrons. The maximum Gasteiger partial charge on any atom is 0.309 e. The number of carboxylic acid groups (broad SMARTS) is 1. The summed E-state index contributed by atoms with van der Waals surface area (Å²) in [4.78, 5) is 22.2. The van der Waals surface area contributed by atoms with Gasteiger partial charge in [-0.15, -0.1) is 0 Å². The van der Waals surface area contributed by atoms with Crippen molar-refractivity contribution in [2.45, 2.75) is 71.1 Å². The number of hydrogen-bond donors (Lipinski definition) is 2. The topological polar surface area (TPSA) is 83.8 Å². The van der Waals surface area contributed by atoms with E-state index in [4.69, 9.17) is 9.84 Å². The molecular weight excluding hydrogens is 416 g/mol. The SMILES string of the molecule is CC(C)c1ccc2c(c1)CC[C@H]1[C@](C)(C(=O)O)CCC[C@]21C.COc1cc(C=O)ccc1O. The Balaban J connectivity index is 0.000000235. The summed E-state index contributed by atoms with van der Waals surface area (Å²) in [6.45, 7) is 8.75. The van der Waals surface area contributed by atoms with Crippen LogP contribution in [0.15, 0.2) is 36.4 Å². The molecule has 2 N–H and O–H groups in total. The molecule has 0 spiro atoms. The largest absolute Gasteiger partial charge is 0.504 e. The van der Waals surface area contributed by atoms with Crippen molar-refractivity contribution in [2.24, 2.45) is 11.3 Å². The van der Waals surface area contributed by atoms with Gasteiger partial charge < -0.3 is 14.9 Å². The van der Waals surface area contributed by atoms with Gasteiger partial charge >= 0.3 is 5.97 Å². The van der Waals surface area contributed by atoms with Gasteiger partial charge in [-0.3, -0.25) is 9.59 Å². The van der Waals surface area contributed by atoms with Gasteiger partial charge in [-0.05, 0) is 84.7 Å². The molecule has 178 valence electrons. The molecule has 33 heavy (non-hydrogen) atoms. The van der Waals surface area contributed by atoms with Gasteiger partial charge in [0.25, 0.3) is 0 Å². The highest BCUT2D eigenvalue weighted by Crippen LogP contribution is 2.57. The minimum Gasteiger partial charge on any atom is -0.504 e. The number of carboxylic acids is 1. The number of carbonyl (C=O) groups excluding carboxylic acids is 1. The first-order valence-electron chi connectivity index (χ1n) is 11.8. The normalized spacial score (nSPS) is 25.8. The molecule has 0 heterocycles. The monoisotopic (exact) mass is 452 g/mol. The average molecular weight is 453 g/mol. The second-order valence-electron chi connectivity index (χ2n) is 10.2. The maximum atomic E-state index is 11.9. The van der Waals surface area contributed by atoms with E-state index in [1.807, 2.05) is 6.92 Å². The second kappa shape index (κ2) is 9.58. The van der Waals surface area contributed by atoms with E-state index in [0.717, 1.165) is 32.1 Å². The van der Waals surface area contributed by atoms with Crippen LogP contribution in [0.25, 0.3) is 0 Å². The number of carbonyl (C=O) groups is 2. The summed E-state index contributed by atoms with van der Waals surface area (Å²) in [5, 5.41) is 18.9. The molecule has 1 saturated carbocycles. The minimum absolute atomic E-state index is 0.0223. The van der Waals surface area contributed by atoms with Crippen molar-refractivity contribution in [2.75, 3.05) is 7.11 Å². The van der Waals surface area contributed by atoms with Crippen LogP contribution in [0.1, 0.15) is 86.3 Å². The molecule has 0 bridgehead atoms. The molecule has 4 rings (SSSR count). The van der Waals surface area contributed by atoms with Gasteiger partial charge in [-0.25, -0.2) is 0 Å². The zero-order valence-corrected chi connectivity index (χ0v) is 20.4. The summed E-state index contributed by atoms with van der Waals surface area (Å²) >= 11 is 0. The van der Waals surface area contributed by atoms with Crippen LogP contribution in [-0.4, -0.2) is 29.6 Å². The summed E-state index contributed by atoms with van der Waals surface area (Å²) in [5.41, 5.74) is 4.22. The number of aromatic hydroxyl groups is 1. The fourth-order valence-corrected chi connectivity index (χ4v) is 5.89. The average Bonchev–Trinajstić information content (AvgIpc) is 2.79.